The summed E-state index contributed by atoms with van der Waals surface area (Å²) in [6, 6.07) is 58.9. The molecule has 0 aliphatic carbocycles. The molecule has 2 nitrogen and oxygen atoms in total. The summed E-state index contributed by atoms with van der Waals surface area (Å²) in [5, 5.41) is 11.1. The predicted octanol–water partition coefficient (Wildman–Crippen LogP) is 11.6. The third kappa shape index (κ3) is 8.38. The molecule has 1 aliphatic heterocycles. The van der Waals surface area contributed by atoms with Crippen LogP contribution in [0.3, 0.4) is 0 Å². The van der Waals surface area contributed by atoms with E-state index in [9.17, 15) is 0 Å². The number of ether oxygens (including phenoxy) is 1. The Bertz CT molecular complexity index is 1970. The van der Waals surface area contributed by atoms with E-state index in [-0.39, 0.29) is 21.2 Å². The third-order valence-electron chi connectivity index (χ3n) is 8.44. The van der Waals surface area contributed by atoms with Crippen LogP contribution in [0.4, 0.5) is 0 Å². The average molecular weight is 806 g/mol. The van der Waals surface area contributed by atoms with Gasteiger partial charge in [0.2, 0.25) is 5.90 Å². The second-order valence-electron chi connectivity index (χ2n) is 11.8. The van der Waals surface area contributed by atoms with E-state index >= 15 is 0 Å². The van der Waals surface area contributed by atoms with E-state index in [0.29, 0.717) is 12.5 Å². The number of hydrogen-bond donors (Lipinski definition) is 0. The molecule has 0 radical (unpaired) electrons. The number of aliphatic imine (C=N–C) groups is 1. The molecule has 0 N–H and O–H groups in total. The van der Waals surface area contributed by atoms with E-state index in [1.165, 1.54) is 42.2 Å². The first kappa shape index (κ1) is 35.5. The summed E-state index contributed by atoms with van der Waals surface area (Å²) < 4.78 is 6.05. The van der Waals surface area contributed by atoms with Crippen LogP contribution in [0.5, 0.6) is 0 Å². The maximum atomic E-state index is 6.05. The summed E-state index contributed by atoms with van der Waals surface area (Å²) in [5.41, 5.74) is 1.15. The Morgan fingerprint density at radius 2 is 1.02 bits per heavy atom. The van der Waals surface area contributed by atoms with Crippen molar-refractivity contribution in [3.8, 4) is 5.30 Å². The fourth-order valence-electron chi connectivity index (χ4n) is 6.09. The van der Waals surface area contributed by atoms with E-state index in [0.717, 1.165) is 11.5 Å². The fourth-order valence-corrected chi connectivity index (χ4v) is 11.2. The molecular formula is C42H37Cl2NOP2Ru. The van der Waals surface area contributed by atoms with Crippen molar-refractivity contribution < 1.29 is 19.9 Å². The summed E-state index contributed by atoms with van der Waals surface area (Å²) in [5.74, 6) is 1.31. The van der Waals surface area contributed by atoms with Gasteiger partial charge in [0.05, 0.1) is 6.04 Å². The number of halogens is 2. The molecule has 0 bridgehead atoms. The van der Waals surface area contributed by atoms with Crippen LogP contribution in [-0.2, 0) is 19.9 Å². The molecule has 0 saturated heterocycles. The maximum Gasteiger partial charge on any atom is -0.0134 e. The number of benzene rings is 6. The fraction of sp³-hybridized carbons (Fsp3) is 0.119. The second-order valence-corrected chi connectivity index (χ2v) is 18.8. The molecule has 2 heterocycles. The van der Waals surface area contributed by atoms with Gasteiger partial charge in [-0.25, -0.2) is 4.99 Å². The van der Waals surface area contributed by atoms with Gasteiger partial charge < -0.3 is 4.74 Å². The van der Waals surface area contributed by atoms with Gasteiger partial charge in [-0.15, -0.1) is 0 Å². The van der Waals surface area contributed by atoms with Crippen molar-refractivity contribution in [2.45, 2.75) is 19.9 Å². The van der Waals surface area contributed by atoms with E-state index in [1.54, 1.807) is 0 Å². The zero-order valence-electron chi connectivity index (χ0n) is 27.3. The molecule has 49 heavy (non-hydrogen) atoms. The Morgan fingerprint density at radius 1 is 0.612 bits per heavy atom. The number of nitrogens with zero attached hydrogens (tertiary/aromatic N) is 1. The Kier molecular flexibility index (Phi) is 12.8. The number of rotatable bonds is 6. The number of fused-ring (bicyclic) bond motifs is 3. The van der Waals surface area contributed by atoms with Crippen molar-refractivity contribution in [1.82, 2.24) is 0 Å². The molecule has 1 atom stereocenters. The third-order valence-corrected chi connectivity index (χ3v) is 13.5. The average Bonchev–Trinajstić information content (AvgIpc) is 3.78. The Labute approximate surface area is 307 Å². The smallest absolute Gasteiger partial charge is 0.0134 e. The van der Waals surface area contributed by atoms with Gasteiger partial charge in [0, 0.05) is 21.1 Å². The molecule has 8 rings (SSSR count). The van der Waals surface area contributed by atoms with Crippen LogP contribution in [0, 0.1) is 5.92 Å². The molecule has 7 aromatic rings. The van der Waals surface area contributed by atoms with Crippen molar-refractivity contribution in [3.05, 3.63) is 169 Å². The minimum atomic E-state index is -0.599. The molecular weight excluding hydrogens is 768 g/mol. The SMILES string of the molecule is CC(C)[C@H]1COC(c2ccccc2-p2c3ccccc3c3ccccc32)=N1.[Cl][Ru][Cl].c1ccc(P(c2ccccc2)c2ccccc2)cc1. The zero-order chi connectivity index (χ0) is 34.0. The van der Waals surface area contributed by atoms with Crippen LogP contribution in [0.25, 0.3) is 26.3 Å². The maximum absolute atomic E-state index is 6.05. The van der Waals surface area contributed by atoms with Gasteiger partial charge in [0.1, 0.15) is 6.61 Å². The molecule has 1 aromatic heterocycles. The normalized spacial score (nSPS) is 13.8. The molecule has 0 amide bonds. The molecule has 0 fully saturated rings. The molecule has 7 heteroatoms. The summed E-state index contributed by atoms with van der Waals surface area (Å²) >= 11 is -0.346. The van der Waals surface area contributed by atoms with Crippen molar-refractivity contribution in [2.75, 3.05) is 6.61 Å². The van der Waals surface area contributed by atoms with Crippen LogP contribution in [0.2, 0.25) is 0 Å². The summed E-state index contributed by atoms with van der Waals surface area (Å²) in [4.78, 5) is 4.91. The van der Waals surface area contributed by atoms with Gasteiger partial charge in [-0.2, -0.15) is 0 Å². The van der Waals surface area contributed by atoms with Gasteiger partial charge in [-0.3, -0.25) is 0 Å². The quantitative estimate of drug-likeness (QED) is 0.121. The van der Waals surface area contributed by atoms with Gasteiger partial charge >= 0.3 is 34.5 Å². The van der Waals surface area contributed by atoms with Crippen molar-refractivity contribution >= 4 is 77.7 Å². The molecule has 6 aromatic carbocycles. The first-order valence-corrected chi connectivity index (χ1v) is 23.4. The van der Waals surface area contributed by atoms with Gasteiger partial charge in [-0.1, -0.05) is 173 Å². The first-order chi connectivity index (χ1) is 24.1. The van der Waals surface area contributed by atoms with E-state index in [2.05, 4.69) is 178 Å². The van der Waals surface area contributed by atoms with Gasteiger partial charge in [0.15, 0.2) is 0 Å². The topological polar surface area (TPSA) is 21.6 Å². The molecule has 248 valence electrons. The van der Waals surface area contributed by atoms with Crippen molar-refractivity contribution in [3.63, 3.8) is 0 Å². The van der Waals surface area contributed by atoms with E-state index in [1.807, 2.05) is 0 Å². The van der Waals surface area contributed by atoms with Crippen LogP contribution in [-0.4, -0.2) is 18.5 Å². The molecule has 0 spiro atoms. The zero-order valence-corrected chi connectivity index (χ0v) is 32.3. The summed E-state index contributed by atoms with van der Waals surface area (Å²) in [6.45, 7) is 5.10. The van der Waals surface area contributed by atoms with Gasteiger partial charge in [0.25, 0.3) is 0 Å². The van der Waals surface area contributed by atoms with Crippen molar-refractivity contribution in [1.29, 1.82) is 0 Å². The molecule has 1 aliphatic rings. The summed E-state index contributed by atoms with van der Waals surface area (Å²) in [7, 11) is 8.66. The molecule has 0 saturated carbocycles. The summed E-state index contributed by atoms with van der Waals surface area (Å²) in [6.07, 6.45) is 0. The minimum Gasteiger partial charge on any atom is -0.0622 e. The molecule has 0 unspecified atom stereocenters. The van der Waals surface area contributed by atoms with Gasteiger partial charge in [-0.05, 0) is 52.7 Å². The monoisotopic (exact) mass is 805 g/mol. The van der Waals surface area contributed by atoms with Crippen LogP contribution in [0.15, 0.2) is 169 Å². The second kappa shape index (κ2) is 17.6. The Morgan fingerprint density at radius 3 is 1.47 bits per heavy atom. The first-order valence-electron chi connectivity index (χ1n) is 16.2. The van der Waals surface area contributed by atoms with Crippen LogP contribution in [0.1, 0.15) is 19.4 Å². The number of hydrogen-bond acceptors (Lipinski definition) is 2. The Balaban J connectivity index is 0.000000166. The Hall–Kier alpha value is -3.28. The largest absolute Gasteiger partial charge is 0.0622 e. The van der Waals surface area contributed by atoms with Crippen LogP contribution >= 0.6 is 34.8 Å². The standard InChI is InChI=1S/C24H22NOP.C18H15P.2ClH.Ru/c1-16(2)20-15-26-24(25-20)19-11-5-8-14-23(19)27-21-12-6-3-9-17(21)18-10-4-7-13-22(18)27;1-4-10-16(11-5-1)19(17-12-6-2-7-13-17)18-14-8-3-9-15-18;;;/h3-14,16,20H,15H2,1-2H3;1-15H;2*1H;/q;;;;+2/p-2/t20-;;;;/m1..../s1. The van der Waals surface area contributed by atoms with E-state index < -0.39 is 15.5 Å². The van der Waals surface area contributed by atoms with Crippen LogP contribution < -0.4 is 15.9 Å². The van der Waals surface area contributed by atoms with E-state index in [4.69, 9.17) is 29.1 Å². The minimum absolute atomic E-state index is 0.254. The predicted molar refractivity (Wildman–Crippen MR) is 213 cm³/mol. The van der Waals surface area contributed by atoms with Crippen molar-refractivity contribution in [2.24, 2.45) is 10.9 Å².